The van der Waals surface area contributed by atoms with Gasteiger partial charge in [-0.05, 0) is 42.0 Å². The molecule has 0 unspecified atom stereocenters. The van der Waals surface area contributed by atoms with Gasteiger partial charge >= 0.3 is 5.97 Å². The van der Waals surface area contributed by atoms with E-state index in [1.165, 1.54) is 31.5 Å². The molecule has 0 bridgehead atoms. The number of aromatic nitrogens is 2. The lowest BCUT2D eigenvalue weighted by atomic mass is 10.1. The highest BCUT2D eigenvalue weighted by atomic mass is 35.5. The number of halogens is 2. The summed E-state index contributed by atoms with van der Waals surface area (Å²) in [7, 11) is 1.32. The topological polar surface area (TPSA) is 95.6 Å². The number of amides is 1. The molecule has 2 aromatic heterocycles. The quantitative estimate of drug-likeness (QED) is 0.357. The van der Waals surface area contributed by atoms with E-state index in [4.69, 9.17) is 25.5 Å². The second-order valence-corrected chi connectivity index (χ2v) is 7.57. The predicted octanol–water partition coefficient (Wildman–Crippen LogP) is 4.93. The van der Waals surface area contributed by atoms with Gasteiger partial charge < -0.3 is 19.2 Å². The monoisotopic (exact) mass is 483 g/mol. The predicted molar refractivity (Wildman–Crippen MR) is 122 cm³/mol. The number of esters is 1. The average Bonchev–Trinajstić information content (AvgIpc) is 3.48. The van der Waals surface area contributed by atoms with Gasteiger partial charge in [0.1, 0.15) is 23.9 Å². The Labute approximate surface area is 198 Å². The largest absolute Gasteiger partial charge is 0.484 e. The van der Waals surface area contributed by atoms with Crippen molar-refractivity contribution in [2.24, 2.45) is 0 Å². The molecule has 1 amide bonds. The van der Waals surface area contributed by atoms with E-state index in [0.717, 1.165) is 11.6 Å². The van der Waals surface area contributed by atoms with Gasteiger partial charge in [-0.15, -0.1) is 0 Å². The fraction of sp³-hybridized carbons (Fsp3) is 0.125. The first-order valence-corrected chi connectivity index (χ1v) is 10.5. The molecule has 1 N–H and O–H groups in total. The van der Waals surface area contributed by atoms with Crippen LogP contribution in [0, 0.1) is 5.82 Å². The van der Waals surface area contributed by atoms with Crippen molar-refractivity contribution >= 4 is 29.2 Å². The molecule has 0 aliphatic heterocycles. The van der Waals surface area contributed by atoms with Gasteiger partial charge in [0, 0.05) is 6.20 Å². The van der Waals surface area contributed by atoms with Gasteiger partial charge in [0.05, 0.1) is 36.1 Å². The SMILES string of the molecule is COC(=O)c1ccccc1Cn1cc(NC(=O)c2ccc(COc3ccc(F)cc3Cl)o2)cn1. The summed E-state index contributed by atoms with van der Waals surface area (Å²) in [5.41, 5.74) is 1.62. The third kappa shape index (κ3) is 5.44. The summed E-state index contributed by atoms with van der Waals surface area (Å²) in [4.78, 5) is 24.5. The molecule has 34 heavy (non-hydrogen) atoms. The molecule has 4 aromatic rings. The molecule has 2 heterocycles. The smallest absolute Gasteiger partial charge is 0.338 e. The van der Waals surface area contributed by atoms with Crippen molar-refractivity contribution < 1.29 is 27.9 Å². The number of ether oxygens (including phenoxy) is 2. The van der Waals surface area contributed by atoms with Crippen LogP contribution in [0.25, 0.3) is 0 Å². The van der Waals surface area contributed by atoms with Crippen LogP contribution in [0.2, 0.25) is 5.02 Å². The molecule has 0 aliphatic rings. The average molecular weight is 484 g/mol. The Hall–Kier alpha value is -4.11. The van der Waals surface area contributed by atoms with Gasteiger partial charge in [-0.3, -0.25) is 9.48 Å². The third-order valence-corrected chi connectivity index (χ3v) is 5.09. The second kappa shape index (κ2) is 10.2. The van der Waals surface area contributed by atoms with Crippen LogP contribution in [0.5, 0.6) is 5.75 Å². The van der Waals surface area contributed by atoms with E-state index in [9.17, 15) is 14.0 Å². The van der Waals surface area contributed by atoms with Gasteiger partial charge in [0.2, 0.25) is 0 Å². The first-order chi connectivity index (χ1) is 16.4. The van der Waals surface area contributed by atoms with Crippen molar-refractivity contribution in [2.75, 3.05) is 12.4 Å². The fourth-order valence-corrected chi connectivity index (χ4v) is 3.39. The zero-order valence-corrected chi connectivity index (χ0v) is 18.7. The standard InChI is InChI=1S/C24H19ClFN3O5/c1-32-24(31)19-5-3-2-4-15(19)12-29-13-17(11-27-29)28-23(30)22-9-7-18(34-22)14-33-21-8-6-16(26)10-20(21)25/h2-11,13H,12,14H2,1H3,(H,28,30). The summed E-state index contributed by atoms with van der Waals surface area (Å²) in [6, 6.07) is 13.9. The highest BCUT2D eigenvalue weighted by Crippen LogP contribution is 2.26. The van der Waals surface area contributed by atoms with Crippen molar-refractivity contribution in [1.29, 1.82) is 0 Å². The molecule has 0 saturated heterocycles. The van der Waals surface area contributed by atoms with E-state index in [2.05, 4.69) is 10.4 Å². The highest BCUT2D eigenvalue weighted by molar-refractivity contribution is 6.32. The number of carbonyl (C=O) groups is 2. The van der Waals surface area contributed by atoms with E-state index in [-0.39, 0.29) is 17.4 Å². The number of furan rings is 1. The molecule has 2 aromatic carbocycles. The molecular formula is C24H19ClFN3O5. The Bertz CT molecular complexity index is 1330. The summed E-state index contributed by atoms with van der Waals surface area (Å²) in [5, 5.41) is 7.07. The normalized spacial score (nSPS) is 10.7. The van der Waals surface area contributed by atoms with Gasteiger partial charge in [0.15, 0.2) is 5.76 Å². The molecule has 8 nitrogen and oxygen atoms in total. The molecule has 0 aliphatic carbocycles. The van der Waals surface area contributed by atoms with E-state index in [1.54, 1.807) is 35.1 Å². The first-order valence-electron chi connectivity index (χ1n) is 10.1. The number of methoxy groups -OCH3 is 1. The first kappa shape index (κ1) is 23.1. The molecule has 0 atom stereocenters. The third-order valence-electron chi connectivity index (χ3n) is 4.80. The van der Waals surface area contributed by atoms with Crippen LogP contribution >= 0.6 is 11.6 Å². The van der Waals surface area contributed by atoms with Crippen LogP contribution in [0.4, 0.5) is 10.1 Å². The van der Waals surface area contributed by atoms with Gasteiger partial charge in [-0.25, -0.2) is 9.18 Å². The molecule has 0 radical (unpaired) electrons. The van der Waals surface area contributed by atoms with E-state index < -0.39 is 17.7 Å². The van der Waals surface area contributed by atoms with Crippen LogP contribution in [-0.2, 0) is 17.9 Å². The number of carbonyl (C=O) groups excluding carboxylic acids is 2. The molecule has 0 fully saturated rings. The lowest BCUT2D eigenvalue weighted by Gasteiger charge is -2.07. The highest BCUT2D eigenvalue weighted by Gasteiger charge is 2.15. The lowest BCUT2D eigenvalue weighted by Crippen LogP contribution is -2.11. The van der Waals surface area contributed by atoms with Crippen molar-refractivity contribution in [3.05, 3.63) is 100 Å². The zero-order valence-electron chi connectivity index (χ0n) is 18.0. The summed E-state index contributed by atoms with van der Waals surface area (Å²) >= 11 is 5.94. The molecule has 4 rings (SSSR count). The molecule has 174 valence electrons. The summed E-state index contributed by atoms with van der Waals surface area (Å²) < 4.78 is 30.6. The number of rotatable bonds is 8. The van der Waals surface area contributed by atoms with Gasteiger partial charge in [0.25, 0.3) is 5.91 Å². The number of nitrogens with zero attached hydrogens (tertiary/aromatic N) is 2. The molecular weight excluding hydrogens is 465 g/mol. The van der Waals surface area contributed by atoms with E-state index in [0.29, 0.717) is 29.3 Å². The van der Waals surface area contributed by atoms with E-state index >= 15 is 0 Å². The van der Waals surface area contributed by atoms with Crippen molar-refractivity contribution in [3.63, 3.8) is 0 Å². The minimum Gasteiger partial charge on any atom is -0.484 e. The number of nitrogens with one attached hydrogen (secondary N) is 1. The number of benzene rings is 2. The number of hydrogen-bond acceptors (Lipinski definition) is 6. The Morgan fingerprint density at radius 2 is 2.00 bits per heavy atom. The van der Waals surface area contributed by atoms with Crippen LogP contribution in [0.1, 0.15) is 32.2 Å². The Morgan fingerprint density at radius 1 is 1.18 bits per heavy atom. The maximum absolute atomic E-state index is 13.1. The Morgan fingerprint density at radius 3 is 2.79 bits per heavy atom. The van der Waals surface area contributed by atoms with Crippen molar-refractivity contribution in [1.82, 2.24) is 9.78 Å². The Balaban J connectivity index is 1.36. The van der Waals surface area contributed by atoms with Crippen LogP contribution in [0.15, 0.2) is 71.4 Å². The maximum atomic E-state index is 13.1. The van der Waals surface area contributed by atoms with Crippen LogP contribution in [-0.4, -0.2) is 28.8 Å². The lowest BCUT2D eigenvalue weighted by molar-refractivity contribution is 0.0599. The van der Waals surface area contributed by atoms with E-state index in [1.807, 2.05) is 6.07 Å². The molecule has 10 heteroatoms. The minimum atomic E-state index is -0.472. The van der Waals surface area contributed by atoms with Crippen molar-refractivity contribution in [2.45, 2.75) is 13.2 Å². The Kier molecular flexibility index (Phi) is 6.93. The maximum Gasteiger partial charge on any atom is 0.338 e. The fourth-order valence-electron chi connectivity index (χ4n) is 3.17. The summed E-state index contributed by atoms with van der Waals surface area (Å²) in [6.45, 7) is 0.325. The van der Waals surface area contributed by atoms with Crippen molar-refractivity contribution in [3.8, 4) is 5.75 Å². The second-order valence-electron chi connectivity index (χ2n) is 7.16. The van der Waals surface area contributed by atoms with Crippen LogP contribution in [0.3, 0.4) is 0 Å². The minimum absolute atomic E-state index is 0.0101. The summed E-state index contributed by atoms with van der Waals surface area (Å²) in [6.07, 6.45) is 3.12. The molecule has 0 spiro atoms. The molecule has 0 saturated carbocycles. The van der Waals surface area contributed by atoms with Gasteiger partial charge in [-0.2, -0.15) is 5.10 Å². The zero-order chi connectivity index (χ0) is 24.1. The number of hydrogen-bond donors (Lipinski definition) is 1. The number of anilines is 1. The van der Waals surface area contributed by atoms with Gasteiger partial charge in [-0.1, -0.05) is 29.8 Å². The summed E-state index contributed by atoms with van der Waals surface area (Å²) in [5.74, 6) is -0.610. The van der Waals surface area contributed by atoms with Crippen LogP contribution < -0.4 is 10.1 Å².